The summed E-state index contributed by atoms with van der Waals surface area (Å²) in [6, 6.07) is 14.8. The van der Waals surface area contributed by atoms with Crippen molar-refractivity contribution in [3.8, 4) is 0 Å². The molecule has 31 heavy (non-hydrogen) atoms. The number of rotatable bonds is 5. The van der Waals surface area contributed by atoms with E-state index in [9.17, 15) is 17.6 Å². The summed E-state index contributed by atoms with van der Waals surface area (Å²) in [5, 5.41) is 2.66. The van der Waals surface area contributed by atoms with Crippen molar-refractivity contribution in [2.45, 2.75) is 30.2 Å². The van der Waals surface area contributed by atoms with Gasteiger partial charge in [-0.1, -0.05) is 18.6 Å². The Balaban J connectivity index is 1.54. The predicted molar refractivity (Wildman–Crippen MR) is 116 cm³/mol. The van der Waals surface area contributed by atoms with Gasteiger partial charge in [-0.2, -0.15) is 4.31 Å². The third-order valence-electron chi connectivity index (χ3n) is 5.33. The minimum atomic E-state index is -3.72. The molecular weight excluding hydrogens is 417 g/mol. The number of piperidine rings is 1. The lowest BCUT2D eigenvalue weighted by molar-refractivity contribution is 0.102. The number of sulfonamides is 1. The summed E-state index contributed by atoms with van der Waals surface area (Å²) >= 11 is 0. The Morgan fingerprint density at radius 2 is 1.87 bits per heavy atom. The highest BCUT2D eigenvalue weighted by molar-refractivity contribution is 7.89. The average molecular weight is 440 g/mol. The first-order chi connectivity index (χ1) is 14.9. The van der Waals surface area contributed by atoms with Gasteiger partial charge in [0.2, 0.25) is 10.0 Å². The molecule has 0 saturated carbocycles. The molecule has 1 fully saturated rings. The second-order valence-corrected chi connectivity index (χ2v) is 9.29. The number of hydrogen-bond donors (Lipinski definition) is 1. The van der Waals surface area contributed by atoms with Gasteiger partial charge in [-0.25, -0.2) is 12.8 Å². The standard InChI is InChI=1S/C23H22FN3O3S/c24-19-7-3-5-17(15-19)23(28)26-20-9-11-21(12-10-20)31(29,30)27-14-2-1-8-22(27)18-6-4-13-25-16-18/h3-7,9-13,15-16,22H,1-2,8,14H2,(H,26,28)/t22-/m0/s1. The molecule has 8 heteroatoms. The van der Waals surface area contributed by atoms with Crippen molar-refractivity contribution in [2.75, 3.05) is 11.9 Å². The molecule has 2 aromatic carbocycles. The number of benzene rings is 2. The number of hydrogen-bond acceptors (Lipinski definition) is 4. The van der Waals surface area contributed by atoms with Crippen LogP contribution in [0.4, 0.5) is 10.1 Å². The lowest BCUT2D eigenvalue weighted by Gasteiger charge is -2.34. The van der Waals surface area contributed by atoms with Crippen LogP contribution in [0.15, 0.2) is 78.0 Å². The van der Waals surface area contributed by atoms with E-state index in [-0.39, 0.29) is 16.5 Å². The maximum absolute atomic E-state index is 13.3. The molecule has 0 spiro atoms. The van der Waals surface area contributed by atoms with Gasteiger partial charge in [-0.3, -0.25) is 9.78 Å². The van der Waals surface area contributed by atoms with E-state index in [0.29, 0.717) is 12.2 Å². The summed E-state index contributed by atoms with van der Waals surface area (Å²) in [5.41, 5.74) is 1.49. The van der Waals surface area contributed by atoms with Gasteiger partial charge >= 0.3 is 0 Å². The molecule has 3 aromatic rings. The fourth-order valence-electron chi connectivity index (χ4n) is 3.78. The zero-order chi connectivity index (χ0) is 21.8. The molecule has 4 rings (SSSR count). The normalized spacial score (nSPS) is 17.3. The molecule has 1 aliphatic rings. The van der Waals surface area contributed by atoms with E-state index in [1.165, 1.54) is 46.8 Å². The monoisotopic (exact) mass is 439 g/mol. The van der Waals surface area contributed by atoms with Gasteiger partial charge in [0.1, 0.15) is 5.82 Å². The Hall–Kier alpha value is -3.10. The zero-order valence-corrected chi connectivity index (χ0v) is 17.6. The Bertz CT molecular complexity index is 1170. The van der Waals surface area contributed by atoms with Crippen molar-refractivity contribution >= 4 is 21.6 Å². The van der Waals surface area contributed by atoms with Crippen molar-refractivity contribution in [3.05, 3.63) is 90.0 Å². The molecule has 0 radical (unpaired) electrons. The predicted octanol–water partition coefficient (Wildman–Crippen LogP) is 4.39. The molecule has 6 nitrogen and oxygen atoms in total. The Labute approximate surface area is 180 Å². The van der Waals surface area contributed by atoms with Crippen LogP contribution in [0.2, 0.25) is 0 Å². The summed E-state index contributed by atoms with van der Waals surface area (Å²) in [6.45, 7) is 0.444. The maximum Gasteiger partial charge on any atom is 0.255 e. The van der Waals surface area contributed by atoms with Crippen LogP contribution in [0.5, 0.6) is 0 Å². The molecule has 1 atom stereocenters. The van der Waals surface area contributed by atoms with E-state index in [1.807, 2.05) is 12.1 Å². The number of aromatic nitrogens is 1. The topological polar surface area (TPSA) is 79.4 Å². The first-order valence-corrected chi connectivity index (χ1v) is 11.5. The van der Waals surface area contributed by atoms with Crippen LogP contribution in [0.3, 0.4) is 0 Å². The molecule has 1 saturated heterocycles. The third-order valence-corrected chi connectivity index (χ3v) is 7.25. The molecule has 1 aliphatic heterocycles. The van der Waals surface area contributed by atoms with Crippen molar-refractivity contribution in [1.82, 2.24) is 9.29 Å². The van der Waals surface area contributed by atoms with E-state index >= 15 is 0 Å². The average Bonchev–Trinajstić information content (AvgIpc) is 2.80. The summed E-state index contributed by atoms with van der Waals surface area (Å²) in [6.07, 6.45) is 5.88. The number of nitrogens with one attached hydrogen (secondary N) is 1. The van der Waals surface area contributed by atoms with Crippen molar-refractivity contribution < 1.29 is 17.6 Å². The minimum Gasteiger partial charge on any atom is -0.322 e. The Morgan fingerprint density at radius 1 is 1.06 bits per heavy atom. The smallest absolute Gasteiger partial charge is 0.255 e. The highest BCUT2D eigenvalue weighted by Gasteiger charge is 2.34. The molecule has 0 aliphatic carbocycles. The highest BCUT2D eigenvalue weighted by atomic mass is 32.2. The van der Waals surface area contributed by atoms with E-state index in [4.69, 9.17) is 0 Å². The van der Waals surface area contributed by atoms with Crippen molar-refractivity contribution in [1.29, 1.82) is 0 Å². The van der Waals surface area contributed by atoms with Crippen LogP contribution in [-0.4, -0.2) is 30.2 Å². The van der Waals surface area contributed by atoms with E-state index in [2.05, 4.69) is 10.3 Å². The SMILES string of the molecule is O=C(Nc1ccc(S(=O)(=O)N2CCCC[C@H]2c2cccnc2)cc1)c1cccc(F)c1. The lowest BCUT2D eigenvalue weighted by atomic mass is 9.99. The zero-order valence-electron chi connectivity index (χ0n) is 16.7. The number of carbonyl (C=O) groups excluding carboxylic acids is 1. The summed E-state index contributed by atoms with van der Waals surface area (Å²) in [4.78, 5) is 16.6. The van der Waals surface area contributed by atoms with Crippen molar-refractivity contribution in [3.63, 3.8) is 0 Å². The van der Waals surface area contributed by atoms with Gasteiger partial charge in [-0.15, -0.1) is 0 Å². The fourth-order valence-corrected chi connectivity index (χ4v) is 5.46. The van der Waals surface area contributed by atoms with Crippen LogP contribution < -0.4 is 5.32 Å². The van der Waals surface area contributed by atoms with Gasteiger partial charge in [0, 0.05) is 30.2 Å². The fraction of sp³-hybridized carbons (Fsp3) is 0.217. The van der Waals surface area contributed by atoms with Crippen LogP contribution in [0, 0.1) is 5.82 Å². The van der Waals surface area contributed by atoms with E-state index in [1.54, 1.807) is 12.4 Å². The molecular formula is C23H22FN3O3S. The number of amides is 1. The van der Waals surface area contributed by atoms with Crippen LogP contribution in [0.1, 0.15) is 41.2 Å². The van der Waals surface area contributed by atoms with Gasteiger partial charge in [0.25, 0.3) is 5.91 Å². The molecule has 1 aromatic heterocycles. The van der Waals surface area contributed by atoms with Crippen molar-refractivity contribution in [2.24, 2.45) is 0 Å². The number of carbonyl (C=O) groups is 1. The Kier molecular flexibility index (Phi) is 6.11. The molecule has 0 bridgehead atoms. The van der Waals surface area contributed by atoms with E-state index < -0.39 is 21.7 Å². The van der Waals surface area contributed by atoms with Gasteiger partial charge in [-0.05, 0) is 66.9 Å². The molecule has 2 heterocycles. The van der Waals surface area contributed by atoms with Gasteiger partial charge in [0.05, 0.1) is 10.9 Å². The molecule has 160 valence electrons. The number of nitrogens with zero attached hydrogens (tertiary/aromatic N) is 2. The third kappa shape index (κ3) is 4.65. The second-order valence-electron chi connectivity index (χ2n) is 7.40. The summed E-state index contributed by atoms with van der Waals surface area (Å²) in [5.74, 6) is -0.971. The summed E-state index contributed by atoms with van der Waals surface area (Å²) in [7, 11) is -3.72. The van der Waals surface area contributed by atoms with Gasteiger partial charge < -0.3 is 5.32 Å². The second kappa shape index (κ2) is 8.95. The number of anilines is 1. The molecule has 0 unspecified atom stereocenters. The quantitative estimate of drug-likeness (QED) is 0.640. The first kappa shape index (κ1) is 21.1. The first-order valence-electron chi connectivity index (χ1n) is 10.0. The minimum absolute atomic E-state index is 0.159. The van der Waals surface area contributed by atoms with Gasteiger partial charge in [0.15, 0.2) is 0 Å². The highest BCUT2D eigenvalue weighted by Crippen LogP contribution is 2.35. The summed E-state index contributed by atoms with van der Waals surface area (Å²) < 4.78 is 41.5. The van der Waals surface area contributed by atoms with Crippen LogP contribution in [0.25, 0.3) is 0 Å². The van der Waals surface area contributed by atoms with Crippen LogP contribution in [-0.2, 0) is 10.0 Å². The molecule has 1 amide bonds. The maximum atomic E-state index is 13.3. The lowest BCUT2D eigenvalue weighted by Crippen LogP contribution is -2.38. The largest absolute Gasteiger partial charge is 0.322 e. The van der Waals surface area contributed by atoms with Crippen LogP contribution >= 0.6 is 0 Å². The molecule has 1 N–H and O–H groups in total. The Morgan fingerprint density at radius 3 is 2.58 bits per heavy atom. The van der Waals surface area contributed by atoms with E-state index in [0.717, 1.165) is 30.9 Å². The number of pyridine rings is 1. The number of halogens is 1.